The van der Waals surface area contributed by atoms with Crippen molar-refractivity contribution in [3.63, 3.8) is 0 Å². The van der Waals surface area contributed by atoms with Crippen LogP contribution in [0.15, 0.2) is 18.3 Å². The van der Waals surface area contributed by atoms with Crippen molar-refractivity contribution in [2.75, 3.05) is 19.6 Å². The quantitative estimate of drug-likeness (QED) is 0.870. The minimum Gasteiger partial charge on any atom is -0.322 e. The predicted octanol–water partition coefficient (Wildman–Crippen LogP) is 2.98. The zero-order chi connectivity index (χ0) is 14.5. The van der Waals surface area contributed by atoms with E-state index in [9.17, 15) is 4.39 Å². The molecule has 0 spiro atoms. The number of likely N-dealkylation sites (tertiary alicyclic amines) is 1. The van der Waals surface area contributed by atoms with Crippen molar-refractivity contribution in [1.29, 1.82) is 0 Å². The summed E-state index contributed by atoms with van der Waals surface area (Å²) in [7, 11) is 0. The Balaban J connectivity index is 1.85. The van der Waals surface area contributed by atoms with Crippen LogP contribution in [0.4, 0.5) is 4.39 Å². The maximum Gasteiger partial charge on any atom is 0.141 e. The SMILES string of the molecule is CCCC1CCN(CC(C)C(N)c2ccc(F)cn2)C1. The van der Waals surface area contributed by atoms with Gasteiger partial charge >= 0.3 is 0 Å². The van der Waals surface area contributed by atoms with Gasteiger partial charge in [-0.3, -0.25) is 4.98 Å². The van der Waals surface area contributed by atoms with Crippen molar-refractivity contribution in [2.45, 2.75) is 39.2 Å². The Labute approximate surface area is 121 Å². The highest BCUT2D eigenvalue weighted by atomic mass is 19.1. The van der Waals surface area contributed by atoms with E-state index in [1.54, 1.807) is 6.07 Å². The summed E-state index contributed by atoms with van der Waals surface area (Å²) in [5, 5.41) is 0. The molecule has 3 atom stereocenters. The molecule has 1 aromatic heterocycles. The zero-order valence-corrected chi connectivity index (χ0v) is 12.6. The molecule has 0 amide bonds. The molecule has 1 fully saturated rings. The van der Waals surface area contributed by atoms with Crippen LogP contribution in [0.1, 0.15) is 44.8 Å². The Morgan fingerprint density at radius 2 is 2.30 bits per heavy atom. The summed E-state index contributed by atoms with van der Waals surface area (Å²) in [6.07, 6.45) is 5.16. The van der Waals surface area contributed by atoms with Crippen LogP contribution in [0, 0.1) is 17.7 Å². The first-order chi connectivity index (χ1) is 9.60. The van der Waals surface area contributed by atoms with E-state index >= 15 is 0 Å². The van der Waals surface area contributed by atoms with E-state index < -0.39 is 0 Å². The third kappa shape index (κ3) is 4.00. The van der Waals surface area contributed by atoms with E-state index in [0.717, 1.165) is 18.2 Å². The smallest absolute Gasteiger partial charge is 0.141 e. The molecule has 3 nitrogen and oxygen atoms in total. The average Bonchev–Trinajstić information content (AvgIpc) is 2.86. The van der Waals surface area contributed by atoms with Crippen LogP contribution in [0.25, 0.3) is 0 Å². The maximum atomic E-state index is 12.9. The average molecular weight is 279 g/mol. The first-order valence-corrected chi connectivity index (χ1v) is 7.69. The second-order valence-electron chi connectivity index (χ2n) is 6.11. The molecular formula is C16H26FN3. The summed E-state index contributed by atoms with van der Waals surface area (Å²) in [5.41, 5.74) is 7.03. The molecule has 1 saturated heterocycles. The third-order valence-electron chi connectivity index (χ3n) is 4.32. The van der Waals surface area contributed by atoms with Gasteiger partial charge in [0.05, 0.1) is 17.9 Å². The Bertz CT molecular complexity index is 407. The van der Waals surface area contributed by atoms with Gasteiger partial charge in [0.25, 0.3) is 0 Å². The fourth-order valence-electron chi connectivity index (χ4n) is 3.12. The summed E-state index contributed by atoms with van der Waals surface area (Å²) in [4.78, 5) is 6.61. The Morgan fingerprint density at radius 1 is 1.50 bits per heavy atom. The minimum absolute atomic E-state index is 0.124. The highest BCUT2D eigenvalue weighted by Gasteiger charge is 2.25. The standard InChI is InChI=1S/C16H26FN3/c1-3-4-13-7-8-20(11-13)10-12(2)16(18)15-6-5-14(17)9-19-15/h5-6,9,12-13,16H,3-4,7-8,10-11,18H2,1-2H3. The molecule has 2 heterocycles. The summed E-state index contributed by atoms with van der Waals surface area (Å²) in [5.74, 6) is 0.872. The second kappa shape index (κ2) is 7.14. The fourth-order valence-corrected chi connectivity index (χ4v) is 3.12. The van der Waals surface area contributed by atoms with Gasteiger partial charge in [-0.25, -0.2) is 4.39 Å². The van der Waals surface area contributed by atoms with Crippen LogP contribution in [-0.2, 0) is 0 Å². The predicted molar refractivity (Wildman–Crippen MR) is 79.7 cm³/mol. The number of halogens is 1. The molecular weight excluding hydrogens is 253 g/mol. The normalized spacial score (nSPS) is 22.9. The molecule has 0 aromatic carbocycles. The van der Waals surface area contributed by atoms with Crippen LogP contribution in [0.2, 0.25) is 0 Å². The number of nitrogens with zero attached hydrogens (tertiary/aromatic N) is 2. The Morgan fingerprint density at radius 3 is 2.95 bits per heavy atom. The van der Waals surface area contributed by atoms with Gasteiger partial charge in [-0.2, -0.15) is 0 Å². The Kier molecular flexibility index (Phi) is 5.49. The van der Waals surface area contributed by atoms with Crippen LogP contribution < -0.4 is 5.73 Å². The van der Waals surface area contributed by atoms with Gasteiger partial charge in [0, 0.05) is 13.1 Å². The molecule has 0 aliphatic carbocycles. The van der Waals surface area contributed by atoms with E-state index in [-0.39, 0.29) is 11.9 Å². The molecule has 1 aliphatic rings. The third-order valence-corrected chi connectivity index (χ3v) is 4.32. The van der Waals surface area contributed by atoms with Gasteiger partial charge in [0.1, 0.15) is 5.82 Å². The number of pyridine rings is 1. The van der Waals surface area contributed by atoms with Crippen LogP contribution >= 0.6 is 0 Å². The monoisotopic (exact) mass is 279 g/mol. The summed E-state index contributed by atoms with van der Waals surface area (Å²) < 4.78 is 12.9. The highest BCUT2D eigenvalue weighted by Crippen LogP contribution is 2.24. The van der Waals surface area contributed by atoms with E-state index in [1.165, 1.54) is 44.6 Å². The van der Waals surface area contributed by atoms with Gasteiger partial charge in [-0.15, -0.1) is 0 Å². The molecule has 4 heteroatoms. The number of hydrogen-bond acceptors (Lipinski definition) is 3. The van der Waals surface area contributed by atoms with Crippen LogP contribution in [-0.4, -0.2) is 29.5 Å². The number of aromatic nitrogens is 1. The molecule has 0 saturated carbocycles. The van der Waals surface area contributed by atoms with Crippen molar-refractivity contribution < 1.29 is 4.39 Å². The molecule has 1 aromatic rings. The number of hydrogen-bond donors (Lipinski definition) is 1. The molecule has 20 heavy (non-hydrogen) atoms. The van der Waals surface area contributed by atoms with Crippen molar-refractivity contribution in [3.05, 3.63) is 29.8 Å². The molecule has 2 N–H and O–H groups in total. The van der Waals surface area contributed by atoms with Crippen molar-refractivity contribution in [3.8, 4) is 0 Å². The first-order valence-electron chi connectivity index (χ1n) is 7.69. The first kappa shape index (κ1) is 15.4. The molecule has 112 valence electrons. The van der Waals surface area contributed by atoms with Crippen LogP contribution in [0.5, 0.6) is 0 Å². The maximum absolute atomic E-state index is 12.9. The van der Waals surface area contributed by atoms with Crippen molar-refractivity contribution in [1.82, 2.24) is 9.88 Å². The summed E-state index contributed by atoms with van der Waals surface area (Å²) in [6, 6.07) is 3.00. The fraction of sp³-hybridized carbons (Fsp3) is 0.688. The van der Waals surface area contributed by atoms with E-state index in [0.29, 0.717) is 5.92 Å². The minimum atomic E-state index is -0.310. The van der Waals surface area contributed by atoms with E-state index in [4.69, 9.17) is 5.73 Å². The number of rotatable bonds is 6. The van der Waals surface area contributed by atoms with Crippen molar-refractivity contribution >= 4 is 0 Å². The van der Waals surface area contributed by atoms with Gasteiger partial charge in [-0.05, 0) is 43.4 Å². The molecule has 0 radical (unpaired) electrons. The van der Waals surface area contributed by atoms with Gasteiger partial charge in [-0.1, -0.05) is 20.3 Å². The lowest BCUT2D eigenvalue weighted by atomic mass is 9.98. The molecule has 1 aliphatic heterocycles. The lowest BCUT2D eigenvalue weighted by molar-refractivity contribution is 0.254. The van der Waals surface area contributed by atoms with Crippen LogP contribution in [0.3, 0.4) is 0 Å². The van der Waals surface area contributed by atoms with Crippen molar-refractivity contribution in [2.24, 2.45) is 17.6 Å². The van der Waals surface area contributed by atoms with Gasteiger partial charge in [0.2, 0.25) is 0 Å². The summed E-state index contributed by atoms with van der Waals surface area (Å²) in [6.45, 7) is 7.78. The van der Waals surface area contributed by atoms with E-state index in [2.05, 4.69) is 23.7 Å². The Hall–Kier alpha value is -1.00. The number of nitrogens with two attached hydrogens (primary N) is 1. The van der Waals surface area contributed by atoms with Gasteiger partial charge < -0.3 is 10.6 Å². The molecule has 2 rings (SSSR count). The second-order valence-corrected chi connectivity index (χ2v) is 6.11. The topological polar surface area (TPSA) is 42.1 Å². The molecule has 0 bridgehead atoms. The lowest BCUT2D eigenvalue weighted by Crippen LogP contribution is -2.32. The zero-order valence-electron chi connectivity index (χ0n) is 12.6. The van der Waals surface area contributed by atoms with Gasteiger partial charge in [0.15, 0.2) is 0 Å². The molecule has 3 unspecified atom stereocenters. The summed E-state index contributed by atoms with van der Waals surface area (Å²) >= 11 is 0. The largest absolute Gasteiger partial charge is 0.322 e. The highest BCUT2D eigenvalue weighted by molar-refractivity contribution is 5.10. The lowest BCUT2D eigenvalue weighted by Gasteiger charge is -2.25. The van der Waals surface area contributed by atoms with E-state index in [1.807, 2.05) is 0 Å².